The molecule has 1 aliphatic carbocycles. The third kappa shape index (κ3) is 3.24. The second-order valence-electron chi connectivity index (χ2n) is 10.3. The number of rotatable bonds is 1. The lowest BCUT2D eigenvalue weighted by Crippen LogP contribution is -2.55. The second kappa shape index (κ2) is 5.77. The largest absolute Gasteiger partial charge is 0.300 e. The molecule has 1 saturated carbocycles. The molecule has 3 fully saturated rings. The normalized spacial score (nSPS) is 36.0. The lowest BCUT2D eigenvalue weighted by Gasteiger charge is -2.49. The monoisotopic (exact) mass is 306 g/mol. The molecular formula is C20H38N2. The summed E-state index contributed by atoms with van der Waals surface area (Å²) in [5, 5.41) is 0. The molecule has 128 valence electrons. The van der Waals surface area contributed by atoms with Crippen LogP contribution in [0.15, 0.2) is 0 Å². The molecule has 2 atom stereocenters. The van der Waals surface area contributed by atoms with Crippen LogP contribution in [0.1, 0.15) is 67.2 Å². The first-order valence-electron chi connectivity index (χ1n) is 9.65. The minimum absolute atomic E-state index is 0.350. The van der Waals surface area contributed by atoms with Gasteiger partial charge < -0.3 is 0 Å². The van der Waals surface area contributed by atoms with Gasteiger partial charge in [0, 0.05) is 37.8 Å². The minimum atomic E-state index is 0.350. The topological polar surface area (TPSA) is 6.48 Å². The molecule has 22 heavy (non-hydrogen) atoms. The Balaban J connectivity index is 1.59. The Hall–Kier alpha value is -0.0800. The van der Waals surface area contributed by atoms with E-state index in [2.05, 4.69) is 51.3 Å². The van der Waals surface area contributed by atoms with E-state index in [0.29, 0.717) is 11.0 Å². The quantitative estimate of drug-likeness (QED) is 0.714. The van der Waals surface area contributed by atoms with Crippen molar-refractivity contribution in [1.82, 2.24) is 9.80 Å². The molecule has 0 spiro atoms. The van der Waals surface area contributed by atoms with Crippen LogP contribution in [-0.2, 0) is 0 Å². The summed E-state index contributed by atoms with van der Waals surface area (Å²) in [5.41, 5.74) is 0.858. The molecule has 2 aliphatic heterocycles. The molecule has 0 aromatic heterocycles. The van der Waals surface area contributed by atoms with Gasteiger partial charge in [-0.25, -0.2) is 0 Å². The summed E-state index contributed by atoms with van der Waals surface area (Å²) in [4.78, 5) is 5.57. The zero-order valence-corrected chi connectivity index (χ0v) is 15.9. The summed E-state index contributed by atoms with van der Waals surface area (Å²) in [6.07, 6.45) is 5.75. The van der Waals surface area contributed by atoms with E-state index in [9.17, 15) is 0 Å². The minimum Gasteiger partial charge on any atom is -0.300 e. The molecule has 0 N–H and O–H groups in total. The van der Waals surface area contributed by atoms with Crippen LogP contribution in [-0.4, -0.2) is 47.6 Å². The van der Waals surface area contributed by atoms with Gasteiger partial charge in [-0.3, -0.25) is 9.80 Å². The Labute approximate surface area is 138 Å². The predicted molar refractivity (Wildman–Crippen MR) is 95.1 cm³/mol. The highest BCUT2D eigenvalue weighted by atomic mass is 15.2. The zero-order chi connectivity index (χ0) is 16.1. The predicted octanol–water partition coefficient (Wildman–Crippen LogP) is 4.25. The van der Waals surface area contributed by atoms with Crippen molar-refractivity contribution in [2.24, 2.45) is 23.2 Å². The van der Waals surface area contributed by atoms with Crippen LogP contribution in [0.3, 0.4) is 0 Å². The smallest absolute Gasteiger partial charge is 0.0125 e. The maximum atomic E-state index is 2.89. The first kappa shape index (κ1) is 16.8. The number of fused-ring (bicyclic) bond motifs is 2. The van der Waals surface area contributed by atoms with Gasteiger partial charge >= 0.3 is 0 Å². The van der Waals surface area contributed by atoms with E-state index in [1.165, 1.54) is 51.9 Å². The number of piperidine rings is 2. The molecule has 0 amide bonds. The fourth-order valence-corrected chi connectivity index (χ4v) is 5.87. The van der Waals surface area contributed by atoms with Crippen molar-refractivity contribution >= 4 is 0 Å². The fourth-order valence-electron chi connectivity index (χ4n) is 5.87. The van der Waals surface area contributed by atoms with Crippen LogP contribution in [0.4, 0.5) is 0 Å². The Morgan fingerprint density at radius 3 is 1.64 bits per heavy atom. The molecule has 2 heterocycles. The molecule has 0 aromatic carbocycles. The van der Waals surface area contributed by atoms with E-state index < -0.39 is 0 Å². The summed E-state index contributed by atoms with van der Waals surface area (Å²) in [5.74, 6) is 2.91. The van der Waals surface area contributed by atoms with Crippen molar-refractivity contribution < 1.29 is 0 Å². The first-order chi connectivity index (χ1) is 10.2. The van der Waals surface area contributed by atoms with Crippen LogP contribution < -0.4 is 0 Å². The van der Waals surface area contributed by atoms with Gasteiger partial charge in [-0.05, 0) is 69.6 Å². The van der Waals surface area contributed by atoms with E-state index in [-0.39, 0.29) is 0 Å². The van der Waals surface area contributed by atoms with Gasteiger partial charge in [-0.1, -0.05) is 20.8 Å². The maximum absolute atomic E-state index is 2.89. The lowest BCUT2D eigenvalue weighted by atomic mass is 9.68. The van der Waals surface area contributed by atoms with Crippen molar-refractivity contribution in [3.63, 3.8) is 0 Å². The number of hydrogen-bond donors (Lipinski definition) is 0. The van der Waals surface area contributed by atoms with Gasteiger partial charge in [-0.2, -0.15) is 0 Å². The molecule has 3 aliphatic rings. The maximum Gasteiger partial charge on any atom is 0.0125 e. The Kier molecular flexibility index (Phi) is 4.40. The Bertz CT molecular complexity index is 367. The molecule has 3 rings (SSSR count). The van der Waals surface area contributed by atoms with Crippen LogP contribution >= 0.6 is 0 Å². The highest BCUT2D eigenvalue weighted by molar-refractivity contribution is 4.99. The molecule has 2 nitrogen and oxygen atoms in total. The molecular weight excluding hydrogens is 268 g/mol. The molecule has 2 saturated heterocycles. The Morgan fingerprint density at radius 2 is 1.23 bits per heavy atom. The van der Waals surface area contributed by atoms with Crippen LogP contribution in [0.2, 0.25) is 0 Å². The Morgan fingerprint density at radius 1 is 0.727 bits per heavy atom. The third-order valence-electron chi connectivity index (χ3n) is 6.79. The average Bonchev–Trinajstić information content (AvgIpc) is 2.70. The summed E-state index contributed by atoms with van der Waals surface area (Å²) in [6, 6.07) is 0.864. The lowest BCUT2D eigenvalue weighted by molar-refractivity contribution is -0.00802. The SMILES string of the molecule is CC(C)(C)C1C2CCC1CN(C1CCN(C(C)(C)C)CC1)C2. The summed E-state index contributed by atoms with van der Waals surface area (Å²) < 4.78 is 0. The number of likely N-dealkylation sites (tertiary alicyclic amines) is 2. The molecule has 0 radical (unpaired) electrons. The molecule has 2 unspecified atom stereocenters. The van der Waals surface area contributed by atoms with E-state index in [1.54, 1.807) is 0 Å². The van der Waals surface area contributed by atoms with Gasteiger partial charge in [0.1, 0.15) is 0 Å². The van der Waals surface area contributed by atoms with Gasteiger partial charge in [-0.15, -0.1) is 0 Å². The van der Waals surface area contributed by atoms with Gasteiger partial charge in [0.05, 0.1) is 0 Å². The standard InChI is InChI=1S/C20H38N2/c1-19(2,3)18-15-7-8-16(18)14-21(13-15)17-9-11-22(12-10-17)20(4,5)6/h15-18H,7-14H2,1-6H3. The summed E-state index contributed by atoms with van der Waals surface area (Å²) >= 11 is 0. The van der Waals surface area contributed by atoms with Crippen molar-refractivity contribution in [2.45, 2.75) is 78.8 Å². The number of nitrogens with zero attached hydrogens (tertiary/aromatic N) is 2. The molecule has 2 heteroatoms. The van der Waals surface area contributed by atoms with Crippen LogP contribution in [0, 0.1) is 23.2 Å². The van der Waals surface area contributed by atoms with Crippen LogP contribution in [0.5, 0.6) is 0 Å². The highest BCUT2D eigenvalue weighted by Gasteiger charge is 2.48. The fraction of sp³-hybridized carbons (Fsp3) is 1.00. The number of hydrogen-bond acceptors (Lipinski definition) is 2. The summed E-state index contributed by atoms with van der Waals surface area (Å²) in [6.45, 7) is 19.9. The summed E-state index contributed by atoms with van der Waals surface area (Å²) in [7, 11) is 0. The van der Waals surface area contributed by atoms with E-state index in [0.717, 1.165) is 23.8 Å². The zero-order valence-electron chi connectivity index (χ0n) is 15.9. The van der Waals surface area contributed by atoms with E-state index in [4.69, 9.17) is 0 Å². The van der Waals surface area contributed by atoms with Gasteiger partial charge in [0.25, 0.3) is 0 Å². The van der Waals surface area contributed by atoms with Gasteiger partial charge in [0.15, 0.2) is 0 Å². The van der Waals surface area contributed by atoms with Crippen molar-refractivity contribution in [2.75, 3.05) is 26.2 Å². The molecule has 0 aromatic rings. The van der Waals surface area contributed by atoms with Crippen molar-refractivity contribution in [3.8, 4) is 0 Å². The van der Waals surface area contributed by atoms with Crippen LogP contribution in [0.25, 0.3) is 0 Å². The average molecular weight is 307 g/mol. The van der Waals surface area contributed by atoms with Gasteiger partial charge in [0.2, 0.25) is 0 Å². The molecule has 2 bridgehead atoms. The second-order valence-corrected chi connectivity index (χ2v) is 10.3. The highest BCUT2D eigenvalue weighted by Crippen LogP contribution is 2.51. The van der Waals surface area contributed by atoms with Crippen molar-refractivity contribution in [3.05, 3.63) is 0 Å². The third-order valence-corrected chi connectivity index (χ3v) is 6.79. The van der Waals surface area contributed by atoms with E-state index in [1.807, 2.05) is 0 Å². The van der Waals surface area contributed by atoms with E-state index >= 15 is 0 Å². The first-order valence-corrected chi connectivity index (χ1v) is 9.65. The van der Waals surface area contributed by atoms with Crippen molar-refractivity contribution in [1.29, 1.82) is 0 Å².